The van der Waals surface area contributed by atoms with E-state index in [0.29, 0.717) is 18.6 Å². The molecule has 0 bridgehead atoms. The zero-order valence-electron chi connectivity index (χ0n) is 9.51. The molecule has 0 heterocycles. The minimum atomic E-state index is 0.0975. The van der Waals surface area contributed by atoms with Crippen molar-refractivity contribution >= 4 is 28.4 Å². The van der Waals surface area contributed by atoms with Crippen LogP contribution >= 0.6 is 22.6 Å². The molecule has 1 nitrogen and oxygen atoms in total. The van der Waals surface area contributed by atoms with Crippen molar-refractivity contribution in [2.24, 2.45) is 5.41 Å². The van der Waals surface area contributed by atoms with Crippen LogP contribution in [0, 0.1) is 8.99 Å². The molecule has 0 amide bonds. The summed E-state index contributed by atoms with van der Waals surface area (Å²) in [6.45, 7) is 6.29. The van der Waals surface area contributed by atoms with Gasteiger partial charge in [0.25, 0.3) is 0 Å². The number of hydrogen-bond donors (Lipinski definition) is 0. The summed E-state index contributed by atoms with van der Waals surface area (Å²) in [5.41, 5.74) is 1.21. The lowest BCUT2D eigenvalue weighted by Gasteiger charge is -2.16. The summed E-state index contributed by atoms with van der Waals surface area (Å²) in [5, 5.41) is 0. The fraction of sp³-hybridized carbons (Fsp3) is 0.462. The van der Waals surface area contributed by atoms with Gasteiger partial charge in [0, 0.05) is 16.4 Å². The van der Waals surface area contributed by atoms with Crippen molar-refractivity contribution in [3.8, 4) is 0 Å². The highest BCUT2D eigenvalue weighted by molar-refractivity contribution is 14.1. The standard InChI is InChI=1S/C13H17IO/c1-13(2,3)9-12(15)8-10-4-6-11(14)7-5-10/h4-7H,8-9H2,1-3H3. The Morgan fingerprint density at radius 3 is 2.20 bits per heavy atom. The van der Waals surface area contributed by atoms with Crippen LogP contribution in [0.4, 0.5) is 0 Å². The number of benzene rings is 1. The molecule has 0 aromatic heterocycles. The summed E-state index contributed by atoms with van der Waals surface area (Å²) in [6, 6.07) is 8.14. The fourth-order valence-electron chi connectivity index (χ4n) is 1.48. The van der Waals surface area contributed by atoms with Gasteiger partial charge in [0.05, 0.1) is 0 Å². The van der Waals surface area contributed by atoms with Crippen LogP contribution in [0.2, 0.25) is 0 Å². The van der Waals surface area contributed by atoms with Crippen LogP contribution in [0.25, 0.3) is 0 Å². The van der Waals surface area contributed by atoms with Crippen molar-refractivity contribution in [1.82, 2.24) is 0 Å². The lowest BCUT2D eigenvalue weighted by Crippen LogP contribution is -2.14. The van der Waals surface area contributed by atoms with E-state index in [-0.39, 0.29) is 5.41 Å². The molecule has 0 fully saturated rings. The quantitative estimate of drug-likeness (QED) is 0.775. The molecule has 82 valence electrons. The maximum atomic E-state index is 11.7. The number of Topliss-reactive ketones (excluding diaryl/α,β-unsaturated/α-hetero) is 1. The van der Waals surface area contributed by atoms with E-state index < -0.39 is 0 Å². The summed E-state index contributed by atoms with van der Waals surface area (Å²) >= 11 is 2.27. The van der Waals surface area contributed by atoms with Gasteiger partial charge in [-0.25, -0.2) is 0 Å². The van der Waals surface area contributed by atoms with Crippen LogP contribution in [-0.4, -0.2) is 5.78 Å². The third-order valence-electron chi connectivity index (χ3n) is 2.04. The van der Waals surface area contributed by atoms with E-state index in [0.717, 1.165) is 5.56 Å². The summed E-state index contributed by atoms with van der Waals surface area (Å²) in [5.74, 6) is 0.323. The van der Waals surface area contributed by atoms with Crippen LogP contribution in [0.1, 0.15) is 32.8 Å². The monoisotopic (exact) mass is 316 g/mol. The molecule has 1 aromatic rings. The maximum absolute atomic E-state index is 11.7. The molecular formula is C13H17IO. The number of carbonyl (C=O) groups excluding carboxylic acids is 1. The predicted octanol–water partition coefficient (Wildman–Crippen LogP) is 3.84. The molecule has 15 heavy (non-hydrogen) atoms. The Kier molecular flexibility index (Phi) is 4.32. The van der Waals surface area contributed by atoms with Crippen molar-refractivity contribution in [2.75, 3.05) is 0 Å². The number of carbonyl (C=O) groups is 1. The maximum Gasteiger partial charge on any atom is 0.137 e. The molecule has 0 aliphatic rings. The fourth-order valence-corrected chi connectivity index (χ4v) is 1.84. The highest BCUT2D eigenvalue weighted by Gasteiger charge is 2.15. The minimum Gasteiger partial charge on any atom is -0.299 e. The largest absolute Gasteiger partial charge is 0.299 e. The molecule has 2 heteroatoms. The Morgan fingerprint density at radius 1 is 1.20 bits per heavy atom. The number of hydrogen-bond acceptors (Lipinski definition) is 1. The van der Waals surface area contributed by atoms with E-state index in [4.69, 9.17) is 0 Å². The summed E-state index contributed by atoms with van der Waals surface area (Å²) in [7, 11) is 0. The second kappa shape index (κ2) is 5.10. The highest BCUT2D eigenvalue weighted by atomic mass is 127. The van der Waals surface area contributed by atoms with Gasteiger partial charge in [-0.2, -0.15) is 0 Å². The number of halogens is 1. The normalized spacial score (nSPS) is 11.5. The Labute approximate surface area is 105 Å². The number of rotatable bonds is 3. The summed E-state index contributed by atoms with van der Waals surface area (Å²) in [4.78, 5) is 11.7. The van der Waals surface area contributed by atoms with Crippen LogP contribution < -0.4 is 0 Å². The smallest absolute Gasteiger partial charge is 0.137 e. The molecule has 0 saturated heterocycles. The molecule has 0 aliphatic heterocycles. The average Bonchev–Trinajstić information content (AvgIpc) is 2.05. The van der Waals surface area contributed by atoms with E-state index in [1.54, 1.807) is 0 Å². The average molecular weight is 316 g/mol. The Bertz CT molecular complexity index is 333. The van der Waals surface area contributed by atoms with Crippen molar-refractivity contribution < 1.29 is 4.79 Å². The molecule has 0 radical (unpaired) electrons. The molecule has 0 atom stereocenters. The van der Waals surface area contributed by atoms with E-state index in [2.05, 4.69) is 43.4 Å². The zero-order valence-corrected chi connectivity index (χ0v) is 11.7. The Balaban J connectivity index is 2.55. The molecule has 1 aromatic carbocycles. The van der Waals surface area contributed by atoms with Crippen LogP contribution in [0.15, 0.2) is 24.3 Å². The first-order valence-corrected chi connectivity index (χ1v) is 6.21. The zero-order chi connectivity index (χ0) is 11.5. The Morgan fingerprint density at radius 2 is 1.73 bits per heavy atom. The summed E-state index contributed by atoms with van der Waals surface area (Å²) in [6.07, 6.45) is 1.22. The number of ketones is 1. The lowest BCUT2D eigenvalue weighted by atomic mass is 9.88. The third kappa shape index (κ3) is 5.30. The molecule has 0 spiro atoms. The second-order valence-corrected chi connectivity index (χ2v) is 6.32. The van der Waals surface area contributed by atoms with Crippen LogP contribution in [0.5, 0.6) is 0 Å². The topological polar surface area (TPSA) is 17.1 Å². The minimum absolute atomic E-state index is 0.0975. The van der Waals surface area contributed by atoms with E-state index in [1.165, 1.54) is 3.57 Å². The van der Waals surface area contributed by atoms with Gasteiger partial charge in [0.2, 0.25) is 0 Å². The van der Waals surface area contributed by atoms with Gasteiger partial charge in [-0.15, -0.1) is 0 Å². The summed E-state index contributed by atoms with van der Waals surface area (Å²) < 4.78 is 1.21. The second-order valence-electron chi connectivity index (χ2n) is 5.08. The molecule has 0 N–H and O–H groups in total. The Hall–Kier alpha value is -0.380. The van der Waals surface area contributed by atoms with Crippen molar-refractivity contribution in [1.29, 1.82) is 0 Å². The van der Waals surface area contributed by atoms with Crippen molar-refractivity contribution in [3.63, 3.8) is 0 Å². The first-order chi connectivity index (χ1) is 6.87. The first kappa shape index (κ1) is 12.7. The van der Waals surface area contributed by atoms with E-state index in [9.17, 15) is 4.79 Å². The van der Waals surface area contributed by atoms with Gasteiger partial charge in [-0.1, -0.05) is 32.9 Å². The molecule has 0 unspecified atom stereocenters. The molecule has 0 saturated carbocycles. The first-order valence-electron chi connectivity index (χ1n) is 5.13. The molecule has 0 aliphatic carbocycles. The molecular weight excluding hydrogens is 299 g/mol. The van der Waals surface area contributed by atoms with Gasteiger partial charge in [0.1, 0.15) is 5.78 Å². The van der Waals surface area contributed by atoms with Crippen LogP contribution in [-0.2, 0) is 11.2 Å². The van der Waals surface area contributed by atoms with Crippen LogP contribution in [0.3, 0.4) is 0 Å². The SMILES string of the molecule is CC(C)(C)CC(=O)Cc1ccc(I)cc1. The van der Waals surface area contributed by atoms with Crippen molar-refractivity contribution in [2.45, 2.75) is 33.6 Å². The van der Waals surface area contributed by atoms with Gasteiger partial charge in [-0.05, 0) is 45.7 Å². The third-order valence-corrected chi connectivity index (χ3v) is 2.76. The van der Waals surface area contributed by atoms with Gasteiger partial charge in [-0.3, -0.25) is 4.79 Å². The predicted molar refractivity (Wildman–Crippen MR) is 71.9 cm³/mol. The van der Waals surface area contributed by atoms with Gasteiger partial charge < -0.3 is 0 Å². The highest BCUT2D eigenvalue weighted by Crippen LogP contribution is 2.20. The lowest BCUT2D eigenvalue weighted by molar-refractivity contribution is -0.120. The van der Waals surface area contributed by atoms with E-state index in [1.807, 2.05) is 24.3 Å². The van der Waals surface area contributed by atoms with Crippen molar-refractivity contribution in [3.05, 3.63) is 33.4 Å². The molecule has 1 rings (SSSR count). The van der Waals surface area contributed by atoms with Gasteiger partial charge >= 0.3 is 0 Å². The van der Waals surface area contributed by atoms with E-state index >= 15 is 0 Å². The van der Waals surface area contributed by atoms with Gasteiger partial charge in [0.15, 0.2) is 0 Å².